The van der Waals surface area contributed by atoms with Crippen molar-refractivity contribution in [1.29, 1.82) is 0 Å². The summed E-state index contributed by atoms with van der Waals surface area (Å²) in [5.41, 5.74) is 0. The second-order valence-electron chi connectivity index (χ2n) is 4.35. The molecular formula is C10H15F3N2O4. The molecule has 2 unspecified atom stereocenters. The molecule has 19 heavy (non-hydrogen) atoms. The molecule has 0 radical (unpaired) electrons. The van der Waals surface area contributed by atoms with Crippen molar-refractivity contribution < 1.29 is 33.0 Å². The predicted molar refractivity (Wildman–Crippen MR) is 57.4 cm³/mol. The van der Waals surface area contributed by atoms with Gasteiger partial charge in [0.05, 0.1) is 6.10 Å². The van der Waals surface area contributed by atoms with Crippen molar-refractivity contribution in [3.8, 4) is 0 Å². The Morgan fingerprint density at radius 3 is 2.53 bits per heavy atom. The lowest BCUT2D eigenvalue weighted by atomic mass is 10.2. The van der Waals surface area contributed by atoms with Gasteiger partial charge in [0.15, 0.2) is 0 Å². The number of hydrogen-bond acceptors (Lipinski definition) is 3. The molecule has 0 aromatic heterocycles. The molecule has 9 heteroatoms. The standard InChI is InChI=1S/C10H15F3N2O4/c11-10(12,13)2-1-3-14-9(19)15-5-6(16)4-7(15)8(17)18/h6-7,16H,1-5H2,(H,14,19)(H,17,18). The molecule has 0 aliphatic carbocycles. The van der Waals surface area contributed by atoms with Crippen LogP contribution in [0.5, 0.6) is 0 Å². The Morgan fingerprint density at radius 1 is 1.37 bits per heavy atom. The first kappa shape index (κ1) is 15.5. The minimum absolute atomic E-state index is 0.0781. The van der Waals surface area contributed by atoms with Crippen LogP contribution in [0.2, 0.25) is 0 Å². The van der Waals surface area contributed by atoms with Gasteiger partial charge < -0.3 is 20.4 Å². The summed E-state index contributed by atoms with van der Waals surface area (Å²) in [6, 6.07) is -1.91. The highest BCUT2D eigenvalue weighted by Crippen LogP contribution is 2.21. The second kappa shape index (κ2) is 6.09. The highest BCUT2D eigenvalue weighted by Gasteiger charge is 2.38. The Morgan fingerprint density at radius 2 is 2.00 bits per heavy atom. The smallest absolute Gasteiger partial charge is 0.389 e. The van der Waals surface area contributed by atoms with E-state index < -0.39 is 36.7 Å². The van der Waals surface area contributed by atoms with Gasteiger partial charge in [-0.1, -0.05) is 0 Å². The number of urea groups is 1. The lowest BCUT2D eigenvalue weighted by Crippen LogP contribution is -2.46. The number of aliphatic carboxylic acids is 1. The Bertz CT molecular complexity index is 348. The van der Waals surface area contributed by atoms with Crippen LogP contribution in [0.25, 0.3) is 0 Å². The van der Waals surface area contributed by atoms with E-state index in [2.05, 4.69) is 5.32 Å². The molecule has 1 heterocycles. The van der Waals surface area contributed by atoms with Gasteiger partial charge in [0.1, 0.15) is 6.04 Å². The summed E-state index contributed by atoms with van der Waals surface area (Å²) in [6.07, 6.45) is -6.58. The Kier molecular flexibility index (Phi) is 4.98. The average molecular weight is 284 g/mol. The van der Waals surface area contributed by atoms with Gasteiger partial charge in [0.2, 0.25) is 0 Å². The van der Waals surface area contributed by atoms with Gasteiger partial charge >= 0.3 is 18.2 Å². The zero-order chi connectivity index (χ0) is 14.6. The summed E-state index contributed by atoms with van der Waals surface area (Å²) in [4.78, 5) is 23.3. The zero-order valence-corrected chi connectivity index (χ0v) is 9.98. The molecule has 0 aromatic rings. The van der Waals surface area contributed by atoms with Crippen molar-refractivity contribution >= 4 is 12.0 Å². The van der Waals surface area contributed by atoms with Crippen molar-refractivity contribution in [1.82, 2.24) is 10.2 Å². The molecule has 6 nitrogen and oxygen atoms in total. The van der Waals surface area contributed by atoms with E-state index in [1.54, 1.807) is 0 Å². The molecule has 1 aliphatic heterocycles. The summed E-state index contributed by atoms with van der Waals surface area (Å²) in [6.45, 7) is -0.334. The Hall–Kier alpha value is -1.51. The van der Waals surface area contributed by atoms with Gasteiger partial charge in [0, 0.05) is 25.9 Å². The number of rotatable bonds is 4. The molecule has 2 amide bonds. The van der Waals surface area contributed by atoms with Crippen LogP contribution < -0.4 is 5.32 Å². The molecule has 1 aliphatic rings. The van der Waals surface area contributed by atoms with E-state index in [-0.39, 0.29) is 25.9 Å². The fourth-order valence-electron chi connectivity index (χ4n) is 1.86. The van der Waals surface area contributed by atoms with E-state index in [1.807, 2.05) is 0 Å². The number of alkyl halides is 3. The van der Waals surface area contributed by atoms with E-state index in [0.717, 1.165) is 4.90 Å². The van der Waals surface area contributed by atoms with Crippen LogP contribution >= 0.6 is 0 Å². The number of β-amino-alcohol motifs (C(OH)–C–C–N with tert-alkyl or cyclic N) is 1. The van der Waals surface area contributed by atoms with E-state index in [0.29, 0.717) is 0 Å². The zero-order valence-electron chi connectivity index (χ0n) is 9.98. The minimum Gasteiger partial charge on any atom is -0.480 e. The van der Waals surface area contributed by atoms with E-state index in [9.17, 15) is 27.9 Å². The van der Waals surface area contributed by atoms with Gasteiger partial charge in [-0.3, -0.25) is 0 Å². The van der Waals surface area contributed by atoms with E-state index in [1.165, 1.54) is 0 Å². The van der Waals surface area contributed by atoms with Crippen LogP contribution in [0.3, 0.4) is 0 Å². The van der Waals surface area contributed by atoms with Crippen molar-refractivity contribution in [3.05, 3.63) is 0 Å². The Labute approximate surface area is 107 Å². The van der Waals surface area contributed by atoms with Crippen molar-refractivity contribution in [2.24, 2.45) is 0 Å². The average Bonchev–Trinajstić information content (AvgIpc) is 2.65. The maximum atomic E-state index is 11.9. The highest BCUT2D eigenvalue weighted by molar-refractivity contribution is 5.83. The van der Waals surface area contributed by atoms with Crippen molar-refractivity contribution in [3.63, 3.8) is 0 Å². The Balaban J connectivity index is 2.38. The summed E-state index contributed by atoms with van der Waals surface area (Å²) in [7, 11) is 0. The number of halogens is 3. The number of carbonyl (C=O) groups is 2. The molecule has 1 saturated heterocycles. The number of amides is 2. The predicted octanol–water partition coefficient (Wildman–Crippen LogP) is 0.558. The van der Waals surface area contributed by atoms with Crippen molar-refractivity contribution in [2.75, 3.05) is 13.1 Å². The second-order valence-corrected chi connectivity index (χ2v) is 4.35. The van der Waals surface area contributed by atoms with Crippen LogP contribution in [0.1, 0.15) is 19.3 Å². The maximum absolute atomic E-state index is 11.9. The molecule has 3 N–H and O–H groups in total. The van der Waals surface area contributed by atoms with Gasteiger partial charge in [-0.2, -0.15) is 13.2 Å². The maximum Gasteiger partial charge on any atom is 0.389 e. The largest absolute Gasteiger partial charge is 0.480 e. The number of nitrogens with zero attached hydrogens (tertiary/aromatic N) is 1. The molecule has 2 atom stereocenters. The first-order valence-electron chi connectivity index (χ1n) is 5.73. The molecule has 110 valence electrons. The number of carboxylic acids is 1. The topological polar surface area (TPSA) is 89.9 Å². The molecule has 1 fully saturated rings. The number of aliphatic hydroxyl groups excluding tert-OH is 1. The SMILES string of the molecule is O=C(O)C1CC(O)CN1C(=O)NCCCC(F)(F)F. The first-order chi connectivity index (χ1) is 8.70. The number of carboxylic acid groups (broad SMARTS) is 1. The fourth-order valence-corrected chi connectivity index (χ4v) is 1.86. The minimum atomic E-state index is -4.28. The molecule has 0 saturated carbocycles. The number of carbonyl (C=O) groups excluding carboxylic acids is 1. The van der Waals surface area contributed by atoms with Gasteiger partial charge in [-0.15, -0.1) is 0 Å². The fraction of sp³-hybridized carbons (Fsp3) is 0.800. The molecular weight excluding hydrogens is 269 g/mol. The van der Waals surface area contributed by atoms with Crippen molar-refractivity contribution in [2.45, 2.75) is 37.6 Å². The molecule has 0 bridgehead atoms. The molecule has 1 rings (SSSR count). The summed E-state index contributed by atoms with van der Waals surface area (Å²) < 4.78 is 35.6. The van der Waals surface area contributed by atoms with Gasteiger partial charge in [-0.05, 0) is 6.42 Å². The van der Waals surface area contributed by atoms with Gasteiger partial charge in [-0.25, -0.2) is 9.59 Å². The summed E-state index contributed by atoms with van der Waals surface area (Å²) >= 11 is 0. The van der Waals surface area contributed by atoms with Crippen LogP contribution in [-0.2, 0) is 4.79 Å². The third-order valence-electron chi connectivity index (χ3n) is 2.74. The third kappa shape index (κ3) is 4.93. The number of hydrogen-bond donors (Lipinski definition) is 3. The quantitative estimate of drug-likeness (QED) is 0.658. The van der Waals surface area contributed by atoms with E-state index >= 15 is 0 Å². The molecule has 0 spiro atoms. The lowest BCUT2D eigenvalue weighted by Gasteiger charge is -2.21. The summed E-state index contributed by atoms with van der Waals surface area (Å²) in [5, 5.41) is 20.4. The van der Waals surface area contributed by atoms with E-state index in [4.69, 9.17) is 5.11 Å². The first-order valence-corrected chi connectivity index (χ1v) is 5.73. The number of likely N-dealkylation sites (tertiary alicyclic amines) is 1. The van der Waals surface area contributed by atoms with Gasteiger partial charge in [0.25, 0.3) is 0 Å². The van der Waals surface area contributed by atoms with Crippen LogP contribution in [-0.4, -0.2) is 58.5 Å². The highest BCUT2D eigenvalue weighted by atomic mass is 19.4. The summed E-state index contributed by atoms with van der Waals surface area (Å²) in [5.74, 6) is -1.25. The lowest BCUT2D eigenvalue weighted by molar-refractivity contribution is -0.141. The number of aliphatic hydroxyl groups is 1. The molecule has 0 aromatic carbocycles. The van der Waals surface area contributed by atoms with Crippen LogP contribution in [0.4, 0.5) is 18.0 Å². The normalized spacial score (nSPS) is 23.5. The monoisotopic (exact) mass is 284 g/mol. The number of nitrogens with one attached hydrogen (secondary N) is 1. The van der Waals surface area contributed by atoms with Crippen LogP contribution in [0, 0.1) is 0 Å². The van der Waals surface area contributed by atoms with Crippen LogP contribution in [0.15, 0.2) is 0 Å². The third-order valence-corrected chi connectivity index (χ3v) is 2.74.